The van der Waals surface area contributed by atoms with Gasteiger partial charge in [-0.15, -0.1) is 24.0 Å². The quantitative estimate of drug-likeness (QED) is 0.371. The van der Waals surface area contributed by atoms with Crippen LogP contribution in [-0.4, -0.2) is 38.4 Å². The largest absolute Gasteiger partial charge is 0.381 e. The lowest BCUT2D eigenvalue weighted by Crippen LogP contribution is -2.41. The second kappa shape index (κ2) is 12.5. The maximum Gasteiger partial charge on any atom is 0.191 e. The molecule has 0 aliphatic carbocycles. The highest BCUT2D eigenvalue weighted by molar-refractivity contribution is 14.0. The van der Waals surface area contributed by atoms with Crippen molar-refractivity contribution in [2.45, 2.75) is 58.4 Å². The first kappa shape index (κ1) is 22.2. The van der Waals surface area contributed by atoms with Gasteiger partial charge in [-0.3, -0.25) is 4.99 Å². The molecule has 1 aromatic carbocycles. The molecule has 0 spiro atoms. The van der Waals surface area contributed by atoms with E-state index in [0.717, 1.165) is 45.0 Å². The molecule has 1 saturated heterocycles. The Morgan fingerprint density at radius 1 is 1.32 bits per heavy atom. The molecular formula is C19H32IN3O2. The molecule has 1 unspecified atom stereocenters. The molecule has 0 bridgehead atoms. The van der Waals surface area contributed by atoms with Crippen LogP contribution in [0.4, 0.5) is 0 Å². The molecule has 2 N–H and O–H groups in total. The van der Waals surface area contributed by atoms with E-state index in [0.29, 0.717) is 18.8 Å². The average molecular weight is 461 g/mol. The summed E-state index contributed by atoms with van der Waals surface area (Å²) in [4.78, 5) is 4.27. The molecule has 6 heteroatoms. The van der Waals surface area contributed by atoms with Gasteiger partial charge in [-0.1, -0.05) is 31.2 Å². The van der Waals surface area contributed by atoms with Gasteiger partial charge in [0.25, 0.3) is 0 Å². The van der Waals surface area contributed by atoms with Crippen LogP contribution in [0.3, 0.4) is 0 Å². The van der Waals surface area contributed by atoms with Gasteiger partial charge in [-0.2, -0.15) is 0 Å². The van der Waals surface area contributed by atoms with Crippen LogP contribution in [0.5, 0.6) is 0 Å². The van der Waals surface area contributed by atoms with Crippen molar-refractivity contribution >= 4 is 29.9 Å². The highest BCUT2D eigenvalue weighted by Gasteiger charge is 2.14. The third kappa shape index (κ3) is 8.37. The molecular weight excluding hydrogens is 429 g/mol. The van der Waals surface area contributed by atoms with Crippen molar-refractivity contribution in [2.24, 2.45) is 4.99 Å². The summed E-state index contributed by atoms with van der Waals surface area (Å²) >= 11 is 0. The van der Waals surface area contributed by atoms with E-state index in [1.54, 1.807) is 7.05 Å². The van der Waals surface area contributed by atoms with Crippen molar-refractivity contribution < 1.29 is 9.47 Å². The number of benzene rings is 1. The number of nitrogens with zero attached hydrogens (tertiary/aromatic N) is 1. The second-order valence-corrected chi connectivity index (χ2v) is 6.32. The first-order chi connectivity index (χ1) is 11.7. The minimum atomic E-state index is 0. The van der Waals surface area contributed by atoms with Gasteiger partial charge in [-0.05, 0) is 37.3 Å². The van der Waals surface area contributed by atoms with Crippen LogP contribution in [0.25, 0.3) is 0 Å². The standard InChI is InChI=1S/C19H31N3O2.HI/c1-4-15(2)22-19(20-3)21-13-16-6-5-7-17(12-16)14-24-18-8-10-23-11-9-18;/h5-7,12,15,18H,4,8-11,13-14H2,1-3H3,(H2,20,21,22);1H. The normalized spacial score (nSPS) is 16.8. The molecule has 25 heavy (non-hydrogen) atoms. The maximum absolute atomic E-state index is 6.00. The van der Waals surface area contributed by atoms with Gasteiger partial charge in [-0.25, -0.2) is 0 Å². The molecule has 0 aromatic heterocycles. The molecule has 1 atom stereocenters. The Balaban J connectivity index is 0.00000312. The van der Waals surface area contributed by atoms with E-state index in [1.807, 2.05) is 0 Å². The Morgan fingerprint density at radius 2 is 2.04 bits per heavy atom. The van der Waals surface area contributed by atoms with Gasteiger partial charge in [0.15, 0.2) is 5.96 Å². The smallest absolute Gasteiger partial charge is 0.191 e. The minimum Gasteiger partial charge on any atom is -0.381 e. The Morgan fingerprint density at radius 3 is 2.72 bits per heavy atom. The lowest BCUT2D eigenvalue weighted by Gasteiger charge is -2.22. The van der Waals surface area contributed by atoms with Crippen molar-refractivity contribution in [3.8, 4) is 0 Å². The highest BCUT2D eigenvalue weighted by Crippen LogP contribution is 2.14. The lowest BCUT2D eigenvalue weighted by atomic mass is 10.1. The first-order valence-corrected chi connectivity index (χ1v) is 8.95. The fourth-order valence-electron chi connectivity index (χ4n) is 2.60. The van der Waals surface area contributed by atoms with Gasteiger partial charge in [0.05, 0.1) is 12.7 Å². The molecule has 5 nitrogen and oxygen atoms in total. The van der Waals surface area contributed by atoms with Gasteiger partial charge >= 0.3 is 0 Å². The van der Waals surface area contributed by atoms with Crippen molar-refractivity contribution in [3.05, 3.63) is 35.4 Å². The topological polar surface area (TPSA) is 54.9 Å². The number of hydrogen-bond acceptors (Lipinski definition) is 3. The van der Waals surface area contributed by atoms with Gasteiger partial charge in [0.2, 0.25) is 0 Å². The zero-order valence-electron chi connectivity index (χ0n) is 15.6. The van der Waals surface area contributed by atoms with Crippen LogP contribution in [0.2, 0.25) is 0 Å². The summed E-state index contributed by atoms with van der Waals surface area (Å²) in [6.07, 6.45) is 3.40. The summed E-state index contributed by atoms with van der Waals surface area (Å²) in [6.45, 7) is 7.36. The lowest BCUT2D eigenvalue weighted by molar-refractivity contribution is -0.0390. The van der Waals surface area contributed by atoms with E-state index >= 15 is 0 Å². The van der Waals surface area contributed by atoms with Crippen LogP contribution in [0, 0.1) is 0 Å². The molecule has 2 rings (SSSR count). The number of rotatable bonds is 7. The third-order valence-electron chi connectivity index (χ3n) is 4.32. The van der Waals surface area contributed by atoms with Crippen molar-refractivity contribution in [3.63, 3.8) is 0 Å². The molecule has 1 aliphatic rings. The third-order valence-corrected chi connectivity index (χ3v) is 4.32. The Labute approximate surface area is 169 Å². The predicted octanol–water partition coefficient (Wildman–Crippen LogP) is 3.46. The summed E-state index contributed by atoms with van der Waals surface area (Å²) in [6, 6.07) is 8.94. The number of guanidine groups is 1. The molecule has 0 radical (unpaired) electrons. The van der Waals surface area contributed by atoms with Crippen LogP contribution in [0.15, 0.2) is 29.3 Å². The van der Waals surface area contributed by atoms with Gasteiger partial charge < -0.3 is 20.1 Å². The number of ether oxygens (including phenoxy) is 2. The predicted molar refractivity (Wildman–Crippen MR) is 114 cm³/mol. The van der Waals surface area contributed by atoms with E-state index in [-0.39, 0.29) is 24.0 Å². The highest BCUT2D eigenvalue weighted by atomic mass is 127. The van der Waals surface area contributed by atoms with E-state index in [9.17, 15) is 0 Å². The average Bonchev–Trinajstić information content (AvgIpc) is 2.64. The maximum atomic E-state index is 6.00. The first-order valence-electron chi connectivity index (χ1n) is 8.95. The molecule has 1 aliphatic heterocycles. The Hall–Kier alpha value is -0.860. The molecule has 0 saturated carbocycles. The number of aliphatic imine (C=N–C) groups is 1. The fourth-order valence-corrected chi connectivity index (χ4v) is 2.60. The van der Waals surface area contributed by atoms with Crippen molar-refractivity contribution in [1.82, 2.24) is 10.6 Å². The fraction of sp³-hybridized carbons (Fsp3) is 0.632. The SMILES string of the molecule is CCC(C)NC(=NC)NCc1cccc(COC2CCOCC2)c1.I. The molecule has 0 amide bonds. The minimum absolute atomic E-state index is 0. The summed E-state index contributed by atoms with van der Waals surface area (Å²) in [5, 5.41) is 6.74. The van der Waals surface area contributed by atoms with Crippen molar-refractivity contribution in [1.29, 1.82) is 0 Å². The van der Waals surface area contributed by atoms with E-state index in [4.69, 9.17) is 9.47 Å². The monoisotopic (exact) mass is 461 g/mol. The van der Waals surface area contributed by atoms with Crippen LogP contribution < -0.4 is 10.6 Å². The molecule has 1 aromatic rings. The van der Waals surface area contributed by atoms with E-state index in [2.05, 4.69) is 53.7 Å². The summed E-state index contributed by atoms with van der Waals surface area (Å²) in [5.41, 5.74) is 2.45. The second-order valence-electron chi connectivity index (χ2n) is 6.32. The number of halogens is 1. The van der Waals surface area contributed by atoms with E-state index < -0.39 is 0 Å². The molecule has 1 heterocycles. The Bertz CT molecular complexity index is 519. The zero-order chi connectivity index (χ0) is 17.2. The summed E-state index contributed by atoms with van der Waals surface area (Å²) < 4.78 is 11.4. The van der Waals surface area contributed by atoms with Crippen LogP contribution in [-0.2, 0) is 22.6 Å². The van der Waals surface area contributed by atoms with Gasteiger partial charge in [0, 0.05) is 32.8 Å². The van der Waals surface area contributed by atoms with Crippen LogP contribution in [0.1, 0.15) is 44.2 Å². The molecule has 142 valence electrons. The summed E-state index contributed by atoms with van der Waals surface area (Å²) in [5.74, 6) is 0.841. The number of hydrogen-bond donors (Lipinski definition) is 2. The van der Waals surface area contributed by atoms with E-state index in [1.165, 1.54) is 11.1 Å². The number of nitrogens with one attached hydrogen (secondary N) is 2. The molecule has 1 fully saturated rings. The zero-order valence-corrected chi connectivity index (χ0v) is 17.9. The van der Waals surface area contributed by atoms with Crippen LogP contribution >= 0.6 is 24.0 Å². The van der Waals surface area contributed by atoms with Crippen molar-refractivity contribution in [2.75, 3.05) is 20.3 Å². The summed E-state index contributed by atoms with van der Waals surface area (Å²) in [7, 11) is 1.80. The van der Waals surface area contributed by atoms with Gasteiger partial charge in [0.1, 0.15) is 0 Å². The Kier molecular flexibility index (Phi) is 11.1.